The zero-order valence-corrected chi connectivity index (χ0v) is 13.5. The quantitative estimate of drug-likeness (QED) is 0.833. The van der Waals surface area contributed by atoms with Crippen molar-refractivity contribution in [3.05, 3.63) is 22.7 Å². The summed E-state index contributed by atoms with van der Waals surface area (Å²) < 4.78 is 5.16. The van der Waals surface area contributed by atoms with Crippen molar-refractivity contribution in [3.8, 4) is 11.4 Å². The van der Waals surface area contributed by atoms with Crippen LogP contribution in [-0.2, 0) is 16.0 Å². The Hall–Kier alpha value is -2.22. The summed E-state index contributed by atoms with van der Waals surface area (Å²) in [6.45, 7) is 1.54. The molecule has 2 heterocycles. The second-order valence-corrected chi connectivity index (χ2v) is 6.35. The Morgan fingerprint density at radius 3 is 2.91 bits per heavy atom. The minimum atomic E-state index is -0.984. The van der Waals surface area contributed by atoms with Crippen molar-refractivity contribution in [3.63, 3.8) is 0 Å². The fourth-order valence-electron chi connectivity index (χ4n) is 2.42. The second-order valence-electron chi connectivity index (χ2n) is 5.57. The van der Waals surface area contributed by atoms with Gasteiger partial charge in [-0.25, -0.2) is 4.79 Å². The van der Waals surface area contributed by atoms with E-state index in [4.69, 9.17) is 9.63 Å². The molecule has 1 aliphatic rings. The van der Waals surface area contributed by atoms with Gasteiger partial charge in [0.1, 0.15) is 6.04 Å². The van der Waals surface area contributed by atoms with Crippen LogP contribution in [0.2, 0.25) is 0 Å². The zero-order chi connectivity index (χ0) is 16.4. The fourth-order valence-corrected chi connectivity index (χ4v) is 3.05. The largest absolute Gasteiger partial charge is 0.480 e. The predicted octanol–water partition coefficient (Wildman–Crippen LogP) is 2.19. The molecule has 1 aliphatic carbocycles. The molecule has 0 aliphatic heterocycles. The number of aryl methyl sites for hydroxylation is 1. The number of amides is 1. The Kier molecular flexibility index (Phi) is 4.42. The monoisotopic (exact) mass is 335 g/mol. The SMILES string of the molecule is CC(C(=O)O)N(C(=O)CCc1nc(-c2ccsc2)no1)C1CC1. The summed E-state index contributed by atoms with van der Waals surface area (Å²) in [4.78, 5) is 29.2. The molecular formula is C15H17N3O4S. The summed E-state index contributed by atoms with van der Waals surface area (Å²) in [7, 11) is 0. The smallest absolute Gasteiger partial charge is 0.326 e. The Balaban J connectivity index is 1.61. The predicted molar refractivity (Wildman–Crippen MR) is 82.9 cm³/mol. The van der Waals surface area contributed by atoms with Crippen LogP contribution in [0.3, 0.4) is 0 Å². The average Bonchev–Trinajstić information content (AvgIpc) is 3.04. The maximum atomic E-state index is 12.4. The molecule has 2 aromatic heterocycles. The summed E-state index contributed by atoms with van der Waals surface area (Å²) >= 11 is 1.54. The average molecular weight is 335 g/mol. The van der Waals surface area contributed by atoms with Crippen LogP contribution < -0.4 is 0 Å². The van der Waals surface area contributed by atoms with E-state index in [2.05, 4.69) is 10.1 Å². The summed E-state index contributed by atoms with van der Waals surface area (Å²) in [5, 5.41) is 16.9. The molecule has 1 N–H and O–H groups in total. The van der Waals surface area contributed by atoms with Crippen LogP contribution in [0.5, 0.6) is 0 Å². The maximum Gasteiger partial charge on any atom is 0.326 e. The van der Waals surface area contributed by atoms with Gasteiger partial charge >= 0.3 is 5.97 Å². The Morgan fingerprint density at radius 2 is 2.30 bits per heavy atom. The Bertz CT molecular complexity index is 693. The van der Waals surface area contributed by atoms with Crippen molar-refractivity contribution in [2.24, 2.45) is 0 Å². The topological polar surface area (TPSA) is 96.5 Å². The van der Waals surface area contributed by atoms with Crippen molar-refractivity contribution in [1.82, 2.24) is 15.0 Å². The molecule has 0 saturated heterocycles. The van der Waals surface area contributed by atoms with E-state index in [0.29, 0.717) is 18.1 Å². The molecule has 0 aromatic carbocycles. The van der Waals surface area contributed by atoms with Gasteiger partial charge in [-0.2, -0.15) is 16.3 Å². The van der Waals surface area contributed by atoms with E-state index in [0.717, 1.165) is 18.4 Å². The first-order valence-electron chi connectivity index (χ1n) is 7.45. The van der Waals surface area contributed by atoms with Gasteiger partial charge in [-0.05, 0) is 31.2 Å². The molecule has 3 rings (SSSR count). The first kappa shape index (κ1) is 15.7. The third-order valence-electron chi connectivity index (χ3n) is 3.80. The molecule has 0 bridgehead atoms. The highest BCUT2D eigenvalue weighted by Crippen LogP contribution is 2.29. The minimum Gasteiger partial charge on any atom is -0.480 e. The Labute approximate surface area is 136 Å². The van der Waals surface area contributed by atoms with Crippen LogP contribution >= 0.6 is 11.3 Å². The number of carboxylic acids is 1. The lowest BCUT2D eigenvalue weighted by molar-refractivity contribution is -0.150. The lowest BCUT2D eigenvalue weighted by Crippen LogP contribution is -2.44. The van der Waals surface area contributed by atoms with Crippen molar-refractivity contribution < 1.29 is 19.2 Å². The Morgan fingerprint density at radius 1 is 1.52 bits per heavy atom. The molecule has 2 aromatic rings. The molecule has 23 heavy (non-hydrogen) atoms. The van der Waals surface area contributed by atoms with Crippen molar-refractivity contribution in [2.45, 2.75) is 44.7 Å². The highest BCUT2D eigenvalue weighted by atomic mass is 32.1. The van der Waals surface area contributed by atoms with Crippen LogP contribution in [0.1, 0.15) is 32.1 Å². The van der Waals surface area contributed by atoms with Gasteiger partial charge in [-0.1, -0.05) is 5.16 Å². The van der Waals surface area contributed by atoms with Gasteiger partial charge in [0.15, 0.2) is 0 Å². The number of carbonyl (C=O) groups excluding carboxylic acids is 1. The first-order chi connectivity index (χ1) is 11.1. The van der Waals surface area contributed by atoms with E-state index < -0.39 is 12.0 Å². The van der Waals surface area contributed by atoms with Crippen LogP contribution in [0.4, 0.5) is 0 Å². The summed E-state index contributed by atoms with van der Waals surface area (Å²) in [6.07, 6.45) is 2.21. The summed E-state index contributed by atoms with van der Waals surface area (Å²) in [5.74, 6) is -0.273. The lowest BCUT2D eigenvalue weighted by Gasteiger charge is -2.26. The van der Waals surface area contributed by atoms with Gasteiger partial charge in [-0.15, -0.1) is 0 Å². The second kappa shape index (κ2) is 6.49. The number of aliphatic carboxylic acids is 1. The van der Waals surface area contributed by atoms with Gasteiger partial charge in [-0.3, -0.25) is 4.79 Å². The number of hydrogen-bond donors (Lipinski definition) is 1. The number of hydrogen-bond acceptors (Lipinski definition) is 6. The number of aromatic nitrogens is 2. The third kappa shape index (κ3) is 3.58. The molecule has 1 unspecified atom stereocenters. The van der Waals surface area contributed by atoms with Gasteiger partial charge in [0.25, 0.3) is 0 Å². The van der Waals surface area contributed by atoms with E-state index in [1.165, 1.54) is 4.90 Å². The molecule has 1 fully saturated rings. The van der Waals surface area contributed by atoms with E-state index >= 15 is 0 Å². The van der Waals surface area contributed by atoms with Crippen molar-refractivity contribution >= 4 is 23.2 Å². The van der Waals surface area contributed by atoms with E-state index in [1.54, 1.807) is 18.3 Å². The maximum absolute atomic E-state index is 12.4. The van der Waals surface area contributed by atoms with Gasteiger partial charge < -0.3 is 14.5 Å². The van der Waals surface area contributed by atoms with Gasteiger partial charge in [0.2, 0.25) is 17.6 Å². The highest BCUT2D eigenvalue weighted by Gasteiger charge is 2.38. The van der Waals surface area contributed by atoms with E-state index in [9.17, 15) is 9.59 Å². The highest BCUT2D eigenvalue weighted by molar-refractivity contribution is 7.08. The van der Waals surface area contributed by atoms with Gasteiger partial charge in [0.05, 0.1) is 0 Å². The standard InChI is InChI=1S/C15H17N3O4S/c1-9(15(20)21)18(11-2-3-11)13(19)5-4-12-16-14(17-22-12)10-6-7-23-8-10/h6-9,11H,2-5H2,1H3,(H,20,21). The molecule has 1 atom stereocenters. The molecular weight excluding hydrogens is 318 g/mol. The lowest BCUT2D eigenvalue weighted by atomic mass is 10.2. The van der Waals surface area contributed by atoms with Crippen molar-refractivity contribution in [1.29, 1.82) is 0 Å². The fraction of sp³-hybridized carbons (Fsp3) is 0.467. The number of rotatable bonds is 7. The van der Waals surface area contributed by atoms with Gasteiger partial charge in [0, 0.05) is 29.8 Å². The molecule has 1 saturated carbocycles. The van der Waals surface area contributed by atoms with E-state index in [-0.39, 0.29) is 18.4 Å². The zero-order valence-electron chi connectivity index (χ0n) is 12.6. The number of carbonyl (C=O) groups is 2. The van der Waals surface area contributed by atoms with Crippen LogP contribution in [0.25, 0.3) is 11.4 Å². The molecule has 7 nitrogen and oxygen atoms in total. The van der Waals surface area contributed by atoms with Crippen molar-refractivity contribution in [2.75, 3.05) is 0 Å². The number of carboxylic acid groups (broad SMARTS) is 1. The first-order valence-corrected chi connectivity index (χ1v) is 8.39. The van der Waals surface area contributed by atoms with E-state index in [1.807, 2.05) is 16.8 Å². The summed E-state index contributed by atoms with van der Waals surface area (Å²) in [5.41, 5.74) is 0.885. The summed E-state index contributed by atoms with van der Waals surface area (Å²) in [6, 6.07) is 1.14. The molecule has 0 radical (unpaired) electrons. The number of thiophene rings is 1. The molecule has 0 spiro atoms. The molecule has 8 heteroatoms. The van der Waals surface area contributed by atoms with Crippen LogP contribution in [-0.4, -0.2) is 44.1 Å². The van der Waals surface area contributed by atoms with Crippen LogP contribution in [0, 0.1) is 0 Å². The minimum absolute atomic E-state index is 0.0534. The third-order valence-corrected chi connectivity index (χ3v) is 4.49. The normalized spacial score (nSPS) is 15.3. The number of nitrogens with zero attached hydrogens (tertiary/aromatic N) is 3. The molecule has 122 valence electrons. The van der Waals surface area contributed by atoms with Crippen LogP contribution in [0.15, 0.2) is 21.3 Å². The molecule has 1 amide bonds.